The first kappa shape index (κ1) is 26.8. The molecule has 5 rings (SSSR count). The van der Waals surface area contributed by atoms with Crippen LogP contribution in [0.3, 0.4) is 0 Å². The minimum atomic E-state index is -0.954. The van der Waals surface area contributed by atoms with Gasteiger partial charge < -0.3 is 19.3 Å². The van der Waals surface area contributed by atoms with E-state index in [0.29, 0.717) is 11.8 Å². The molecule has 3 aliphatic rings. The van der Waals surface area contributed by atoms with Gasteiger partial charge in [-0.2, -0.15) is 0 Å². The van der Waals surface area contributed by atoms with Gasteiger partial charge in [0.25, 0.3) is 0 Å². The molecule has 1 heterocycles. The molecular weight excluding hydrogens is 479 g/mol. The highest BCUT2D eigenvalue weighted by molar-refractivity contribution is 7.68. The second kappa shape index (κ2) is 10.1. The molecule has 2 fully saturated rings. The molecule has 5 heteroatoms. The molecular formula is C32H45O4P. The van der Waals surface area contributed by atoms with Crippen molar-refractivity contribution in [2.24, 2.45) is 0 Å². The van der Waals surface area contributed by atoms with Gasteiger partial charge in [-0.1, -0.05) is 58.6 Å². The number of hydrogen-bond donors (Lipinski definition) is 1. The van der Waals surface area contributed by atoms with Gasteiger partial charge in [-0.3, -0.25) is 0 Å². The zero-order chi connectivity index (χ0) is 26.5. The Hall–Kier alpha value is -1.77. The van der Waals surface area contributed by atoms with Crippen molar-refractivity contribution in [3.63, 3.8) is 0 Å². The maximum Gasteiger partial charge on any atom is 0.150 e. The normalized spacial score (nSPS) is 22.8. The number of fused-ring (bicyclic) bond motifs is 1. The van der Waals surface area contributed by atoms with E-state index in [9.17, 15) is 5.11 Å². The van der Waals surface area contributed by atoms with Gasteiger partial charge in [0.05, 0.1) is 19.8 Å². The van der Waals surface area contributed by atoms with Crippen molar-refractivity contribution >= 4 is 13.2 Å². The molecule has 2 atom stereocenters. The van der Waals surface area contributed by atoms with Gasteiger partial charge in [-0.05, 0) is 87.7 Å². The van der Waals surface area contributed by atoms with E-state index in [1.54, 1.807) is 0 Å². The molecule has 0 amide bonds. The highest BCUT2D eigenvalue weighted by Gasteiger charge is 2.49. The number of rotatable bonds is 6. The third-order valence-corrected chi connectivity index (χ3v) is 12.2. The topological polar surface area (TPSA) is 47.9 Å². The van der Waals surface area contributed by atoms with Crippen LogP contribution in [0, 0.1) is 0 Å². The smallest absolute Gasteiger partial charge is 0.150 e. The SMILES string of the molecule is COc1c(C2CCCC2)cc(C2CCCC2)c(OC)c1-c1cccc2c1[P@@](C(C)(C)C)[C@H](C(C)(C)O)O2. The first-order valence-electron chi connectivity index (χ1n) is 14.2. The van der Waals surface area contributed by atoms with Crippen molar-refractivity contribution in [2.45, 2.75) is 114 Å². The van der Waals surface area contributed by atoms with Crippen LogP contribution < -0.4 is 19.5 Å². The third kappa shape index (κ3) is 4.78. The summed E-state index contributed by atoms with van der Waals surface area (Å²) in [7, 11) is 2.78. The second-order valence-electron chi connectivity index (χ2n) is 12.8. The molecule has 0 radical (unpaired) electrons. The lowest BCUT2D eigenvalue weighted by Gasteiger charge is -2.38. The summed E-state index contributed by atoms with van der Waals surface area (Å²) in [6, 6.07) is 8.84. The third-order valence-electron chi connectivity index (χ3n) is 8.60. The lowest BCUT2D eigenvalue weighted by atomic mass is 9.85. The highest BCUT2D eigenvalue weighted by Crippen LogP contribution is 2.63. The molecule has 0 spiro atoms. The lowest BCUT2D eigenvalue weighted by Crippen LogP contribution is -2.40. The summed E-state index contributed by atoms with van der Waals surface area (Å²) in [6.07, 6.45) is 10.0. The molecule has 2 aliphatic carbocycles. The Labute approximate surface area is 224 Å². The zero-order valence-corrected chi connectivity index (χ0v) is 24.7. The Morgan fingerprint density at radius 2 is 1.35 bits per heavy atom. The predicted octanol–water partition coefficient (Wildman–Crippen LogP) is 8.08. The van der Waals surface area contributed by atoms with Crippen molar-refractivity contribution in [2.75, 3.05) is 14.2 Å². The number of aliphatic hydroxyl groups is 1. The van der Waals surface area contributed by atoms with E-state index in [-0.39, 0.29) is 11.0 Å². The number of benzene rings is 2. The standard InChI is InChI=1S/C32H45O4P/c1-31(2,3)37-29-22(17-12-18-25(29)36-30(37)32(4,5)33)26-27(34-6)23(20-13-8-9-14-20)19-24(28(26)35-7)21-15-10-11-16-21/h12,17-21,30,33H,8-11,13-16H2,1-7H3/t30-,37-/m1/s1. The van der Waals surface area contributed by atoms with Crippen molar-refractivity contribution in [3.8, 4) is 28.4 Å². The molecule has 202 valence electrons. The molecule has 0 unspecified atom stereocenters. The molecule has 0 bridgehead atoms. The Bertz CT molecular complexity index is 1090. The summed E-state index contributed by atoms with van der Waals surface area (Å²) in [4.78, 5) is 0. The summed E-state index contributed by atoms with van der Waals surface area (Å²) in [5.41, 5.74) is 3.99. The first-order valence-corrected chi connectivity index (χ1v) is 15.6. The van der Waals surface area contributed by atoms with E-state index < -0.39 is 13.5 Å². The maximum atomic E-state index is 11.2. The monoisotopic (exact) mass is 524 g/mol. The van der Waals surface area contributed by atoms with Gasteiger partial charge in [0.2, 0.25) is 0 Å². The van der Waals surface area contributed by atoms with Crippen LogP contribution in [0.1, 0.15) is 109 Å². The average molecular weight is 525 g/mol. The minimum Gasteiger partial charge on any atom is -0.496 e. The van der Waals surface area contributed by atoms with E-state index in [1.807, 2.05) is 28.1 Å². The van der Waals surface area contributed by atoms with Gasteiger partial charge in [0, 0.05) is 10.9 Å². The van der Waals surface area contributed by atoms with Crippen LogP contribution in [0.2, 0.25) is 0 Å². The molecule has 37 heavy (non-hydrogen) atoms. The molecule has 1 aliphatic heterocycles. The number of ether oxygens (including phenoxy) is 3. The summed E-state index contributed by atoms with van der Waals surface area (Å²) in [6.45, 7) is 10.6. The quantitative estimate of drug-likeness (QED) is 0.388. The van der Waals surface area contributed by atoms with Gasteiger partial charge in [-0.25, -0.2) is 0 Å². The molecule has 4 nitrogen and oxygen atoms in total. The van der Waals surface area contributed by atoms with Crippen LogP contribution in [-0.4, -0.2) is 35.9 Å². The number of hydrogen-bond acceptors (Lipinski definition) is 4. The van der Waals surface area contributed by atoms with Crippen LogP contribution in [0.15, 0.2) is 24.3 Å². The van der Waals surface area contributed by atoms with E-state index in [4.69, 9.17) is 14.2 Å². The fourth-order valence-electron chi connectivity index (χ4n) is 6.96. The summed E-state index contributed by atoms with van der Waals surface area (Å²) in [5, 5.41) is 12.4. The molecule has 1 N–H and O–H groups in total. The maximum absolute atomic E-state index is 11.2. The molecule has 0 aromatic heterocycles. The predicted molar refractivity (Wildman–Crippen MR) is 154 cm³/mol. The van der Waals surface area contributed by atoms with Crippen molar-refractivity contribution < 1.29 is 19.3 Å². The number of methoxy groups -OCH3 is 2. The molecule has 2 saturated carbocycles. The molecule has 2 aromatic carbocycles. The van der Waals surface area contributed by atoms with E-state index in [0.717, 1.165) is 28.4 Å². The fourth-order valence-corrected chi connectivity index (χ4v) is 10.2. The minimum absolute atomic E-state index is 0.0564. The van der Waals surface area contributed by atoms with Crippen molar-refractivity contribution in [3.05, 3.63) is 35.4 Å². The Balaban J connectivity index is 1.81. The van der Waals surface area contributed by atoms with E-state index in [1.165, 1.54) is 67.8 Å². The fraction of sp³-hybridized carbons (Fsp3) is 0.625. The average Bonchev–Trinajstić information content (AvgIpc) is 3.61. The Morgan fingerprint density at radius 3 is 1.78 bits per heavy atom. The van der Waals surface area contributed by atoms with E-state index >= 15 is 0 Å². The van der Waals surface area contributed by atoms with E-state index in [2.05, 4.69) is 45.0 Å². The van der Waals surface area contributed by atoms with Crippen LogP contribution in [0.4, 0.5) is 0 Å². The Kier molecular flexibility index (Phi) is 7.31. The Morgan fingerprint density at radius 1 is 0.838 bits per heavy atom. The summed E-state index contributed by atoms with van der Waals surface area (Å²) in [5.74, 6) is 3.61. The van der Waals surface area contributed by atoms with Crippen LogP contribution in [-0.2, 0) is 0 Å². The molecule has 2 aromatic rings. The molecule has 0 saturated heterocycles. The summed E-state index contributed by atoms with van der Waals surface area (Å²) < 4.78 is 19.2. The van der Waals surface area contributed by atoms with Crippen LogP contribution in [0.25, 0.3) is 11.1 Å². The van der Waals surface area contributed by atoms with Crippen molar-refractivity contribution in [1.29, 1.82) is 0 Å². The van der Waals surface area contributed by atoms with Gasteiger partial charge in [-0.15, -0.1) is 0 Å². The lowest BCUT2D eigenvalue weighted by molar-refractivity contribution is 0.0103. The van der Waals surface area contributed by atoms with Crippen molar-refractivity contribution in [1.82, 2.24) is 0 Å². The van der Waals surface area contributed by atoms with Crippen LogP contribution >= 0.6 is 7.92 Å². The first-order chi connectivity index (χ1) is 17.6. The van der Waals surface area contributed by atoms with Gasteiger partial charge >= 0.3 is 0 Å². The second-order valence-corrected chi connectivity index (χ2v) is 15.8. The van der Waals surface area contributed by atoms with Gasteiger partial charge in [0.15, 0.2) is 0 Å². The van der Waals surface area contributed by atoms with Gasteiger partial charge in [0.1, 0.15) is 28.7 Å². The highest BCUT2D eigenvalue weighted by atomic mass is 31.1. The summed E-state index contributed by atoms with van der Waals surface area (Å²) >= 11 is 0. The zero-order valence-electron chi connectivity index (χ0n) is 23.8. The largest absolute Gasteiger partial charge is 0.496 e. The van der Waals surface area contributed by atoms with Crippen LogP contribution in [0.5, 0.6) is 17.2 Å².